The van der Waals surface area contributed by atoms with Gasteiger partial charge in [0, 0.05) is 17.8 Å². The Hall–Kier alpha value is -1.67. The number of halogens is 1. The largest absolute Gasteiger partial charge is 1.00 e. The normalized spacial score (nSPS) is 9.47. The van der Waals surface area contributed by atoms with Crippen molar-refractivity contribution in [1.29, 1.82) is 0 Å². The minimum Gasteiger partial charge on any atom is -1.00 e. The molecular weight excluding hydrogens is 234 g/mol. The Bertz CT molecular complexity index is 440. The molecule has 0 spiro atoms. The number of nitrogens with one attached hydrogen (secondary N) is 1. The zero-order valence-corrected chi connectivity index (χ0v) is 10.4. The second-order valence-electron chi connectivity index (χ2n) is 3.80. The summed E-state index contributed by atoms with van der Waals surface area (Å²) in [6.07, 6.45) is 0. The molecule has 2 aromatic rings. The molecule has 2 nitrogen and oxygen atoms in total. The van der Waals surface area contributed by atoms with Crippen molar-refractivity contribution in [2.24, 2.45) is 0 Å². The highest BCUT2D eigenvalue weighted by molar-refractivity contribution is 5.51. The number of para-hydroxylation sites is 2. The molecule has 2 rings (SSSR count). The molecule has 0 saturated carbocycles. The van der Waals surface area contributed by atoms with Gasteiger partial charge in [0.1, 0.15) is 5.75 Å². The molecule has 0 aliphatic rings. The van der Waals surface area contributed by atoms with Crippen LogP contribution in [0.4, 0.5) is 5.69 Å². The monoisotopic (exact) mass is 248 g/mol. The highest BCUT2D eigenvalue weighted by Gasteiger charge is 2.00. The lowest BCUT2D eigenvalue weighted by Crippen LogP contribution is -3.00. The lowest BCUT2D eigenvalue weighted by Gasteiger charge is -2.10. The van der Waals surface area contributed by atoms with Crippen molar-refractivity contribution in [3.8, 4) is 5.75 Å². The summed E-state index contributed by atoms with van der Waals surface area (Å²) in [5.74, 6) is 0.337. The number of phenolic OH excluding ortho intramolecular Hbond substituents is 1. The predicted molar refractivity (Wildman–Crippen MR) is 66.6 cm³/mol. The van der Waals surface area contributed by atoms with E-state index in [4.69, 9.17) is 0 Å². The van der Waals surface area contributed by atoms with Crippen molar-refractivity contribution in [2.75, 3.05) is 5.32 Å². The summed E-state index contributed by atoms with van der Waals surface area (Å²) in [6, 6.07) is 15.5. The zero-order valence-electron chi connectivity index (χ0n) is 9.65. The van der Waals surface area contributed by atoms with Crippen LogP contribution in [0, 0.1) is 6.92 Å². The van der Waals surface area contributed by atoms with Crippen LogP contribution in [0.15, 0.2) is 48.5 Å². The molecule has 90 valence electrons. The van der Waals surface area contributed by atoms with E-state index in [-0.39, 0.29) is 12.4 Å². The Kier molecular flexibility index (Phi) is 4.85. The maximum absolute atomic E-state index is 9.62. The average molecular weight is 249 g/mol. The molecule has 0 bridgehead atoms. The highest BCUT2D eigenvalue weighted by Crippen LogP contribution is 2.19. The number of benzene rings is 2. The number of anilines is 1. The maximum atomic E-state index is 9.62. The van der Waals surface area contributed by atoms with Gasteiger partial charge in [-0.15, -0.1) is 0 Å². The van der Waals surface area contributed by atoms with Gasteiger partial charge >= 0.3 is 0 Å². The van der Waals surface area contributed by atoms with Crippen LogP contribution >= 0.6 is 0 Å². The van der Waals surface area contributed by atoms with E-state index in [9.17, 15) is 5.11 Å². The van der Waals surface area contributed by atoms with E-state index in [2.05, 4.69) is 18.3 Å². The summed E-state index contributed by atoms with van der Waals surface area (Å²) in [5, 5.41) is 12.9. The van der Waals surface area contributed by atoms with Crippen molar-refractivity contribution in [3.63, 3.8) is 0 Å². The lowest BCUT2D eigenvalue weighted by molar-refractivity contribution is -0.00000425. The van der Waals surface area contributed by atoms with Gasteiger partial charge in [0.05, 0.1) is 0 Å². The van der Waals surface area contributed by atoms with Crippen molar-refractivity contribution >= 4 is 5.69 Å². The molecule has 0 atom stereocenters. The van der Waals surface area contributed by atoms with E-state index in [0.29, 0.717) is 12.3 Å². The van der Waals surface area contributed by atoms with Crippen LogP contribution in [0.25, 0.3) is 0 Å². The summed E-state index contributed by atoms with van der Waals surface area (Å²) >= 11 is 0. The predicted octanol–water partition coefficient (Wildman–Crippen LogP) is 0.317. The van der Waals surface area contributed by atoms with Gasteiger partial charge in [-0.1, -0.05) is 36.4 Å². The second kappa shape index (κ2) is 6.16. The number of hydrogen-bond acceptors (Lipinski definition) is 2. The van der Waals surface area contributed by atoms with E-state index in [1.165, 1.54) is 5.56 Å². The number of aryl methyl sites for hydroxylation is 1. The fourth-order valence-electron chi connectivity index (χ4n) is 1.62. The van der Waals surface area contributed by atoms with Gasteiger partial charge in [0.25, 0.3) is 0 Å². The van der Waals surface area contributed by atoms with E-state index in [0.717, 1.165) is 11.3 Å². The van der Waals surface area contributed by atoms with Crippen LogP contribution in [0.1, 0.15) is 11.1 Å². The molecule has 2 aromatic carbocycles. The molecular formula is C14H15ClNO-. The van der Waals surface area contributed by atoms with Gasteiger partial charge < -0.3 is 22.8 Å². The van der Waals surface area contributed by atoms with Crippen LogP contribution in [-0.4, -0.2) is 5.11 Å². The summed E-state index contributed by atoms with van der Waals surface area (Å²) in [4.78, 5) is 0. The van der Waals surface area contributed by atoms with Crippen LogP contribution in [-0.2, 0) is 6.54 Å². The summed E-state index contributed by atoms with van der Waals surface area (Å²) in [5.41, 5.74) is 3.22. The quantitative estimate of drug-likeness (QED) is 0.820. The van der Waals surface area contributed by atoms with E-state index < -0.39 is 0 Å². The average Bonchev–Trinajstić information content (AvgIpc) is 2.30. The third kappa shape index (κ3) is 3.40. The Morgan fingerprint density at radius 3 is 2.35 bits per heavy atom. The van der Waals surface area contributed by atoms with Crippen LogP contribution in [0.2, 0.25) is 0 Å². The van der Waals surface area contributed by atoms with Crippen molar-refractivity contribution in [3.05, 3.63) is 59.7 Å². The molecule has 2 N–H and O–H groups in total. The van der Waals surface area contributed by atoms with E-state index in [1.807, 2.05) is 36.4 Å². The molecule has 0 heterocycles. The van der Waals surface area contributed by atoms with Gasteiger partial charge in [-0.2, -0.15) is 0 Å². The van der Waals surface area contributed by atoms with Gasteiger partial charge in [-0.05, 0) is 24.6 Å². The summed E-state index contributed by atoms with van der Waals surface area (Å²) in [7, 11) is 0. The number of hydrogen-bond donors (Lipinski definition) is 2. The Morgan fingerprint density at radius 1 is 1.00 bits per heavy atom. The first kappa shape index (κ1) is 13.4. The minimum absolute atomic E-state index is 0. The van der Waals surface area contributed by atoms with Crippen LogP contribution in [0.3, 0.4) is 0 Å². The van der Waals surface area contributed by atoms with Gasteiger partial charge in [0.2, 0.25) is 0 Å². The van der Waals surface area contributed by atoms with Gasteiger partial charge in [0.15, 0.2) is 0 Å². The standard InChI is InChI=1S/C14H15NO.ClH/c1-11-6-2-4-8-13(11)15-10-12-7-3-5-9-14(12)16;/h2-9,15-16H,10H2,1H3;1H/p-1. The fraction of sp³-hybridized carbons (Fsp3) is 0.143. The van der Waals surface area contributed by atoms with Gasteiger partial charge in [-0.3, -0.25) is 0 Å². The number of aromatic hydroxyl groups is 1. The molecule has 0 unspecified atom stereocenters. The highest BCUT2D eigenvalue weighted by atomic mass is 35.5. The third-order valence-corrected chi connectivity index (χ3v) is 2.61. The molecule has 17 heavy (non-hydrogen) atoms. The third-order valence-electron chi connectivity index (χ3n) is 2.61. The van der Waals surface area contributed by atoms with E-state index >= 15 is 0 Å². The Labute approximate surface area is 108 Å². The topological polar surface area (TPSA) is 32.3 Å². The Balaban J connectivity index is 0.00000144. The van der Waals surface area contributed by atoms with Crippen molar-refractivity contribution in [2.45, 2.75) is 13.5 Å². The molecule has 0 aromatic heterocycles. The van der Waals surface area contributed by atoms with Crippen molar-refractivity contribution < 1.29 is 17.5 Å². The number of rotatable bonds is 3. The molecule has 0 radical (unpaired) electrons. The fourth-order valence-corrected chi connectivity index (χ4v) is 1.62. The molecule has 0 saturated heterocycles. The second-order valence-corrected chi connectivity index (χ2v) is 3.80. The summed E-state index contributed by atoms with van der Waals surface area (Å²) in [6.45, 7) is 2.70. The van der Waals surface area contributed by atoms with Gasteiger partial charge in [-0.25, -0.2) is 0 Å². The molecule has 0 aliphatic carbocycles. The molecule has 0 aliphatic heterocycles. The molecule has 0 fully saturated rings. The van der Waals surface area contributed by atoms with Crippen LogP contribution in [0.5, 0.6) is 5.75 Å². The first-order chi connectivity index (χ1) is 7.77. The smallest absolute Gasteiger partial charge is 0.120 e. The maximum Gasteiger partial charge on any atom is 0.120 e. The summed E-state index contributed by atoms with van der Waals surface area (Å²) < 4.78 is 0. The van der Waals surface area contributed by atoms with Crippen LogP contribution < -0.4 is 17.7 Å². The molecule has 3 heteroatoms. The van der Waals surface area contributed by atoms with Crippen molar-refractivity contribution in [1.82, 2.24) is 0 Å². The first-order valence-electron chi connectivity index (χ1n) is 5.34. The molecule has 0 amide bonds. The lowest BCUT2D eigenvalue weighted by atomic mass is 10.1. The Morgan fingerprint density at radius 2 is 1.65 bits per heavy atom. The van der Waals surface area contributed by atoms with E-state index in [1.54, 1.807) is 6.07 Å². The minimum atomic E-state index is 0. The SMILES string of the molecule is Cc1ccccc1NCc1ccccc1O.[Cl-]. The first-order valence-corrected chi connectivity index (χ1v) is 5.34. The number of phenols is 1. The zero-order chi connectivity index (χ0) is 11.4.